The number of ether oxygens (including phenoxy) is 2. The molecule has 4 heteroatoms. The van der Waals surface area contributed by atoms with E-state index in [0.29, 0.717) is 12.2 Å². The molecule has 2 aromatic rings. The number of hydrogen-bond acceptors (Lipinski definition) is 4. The molecule has 1 heterocycles. The smallest absolute Gasteiger partial charge is 0.159 e. The highest BCUT2D eigenvalue weighted by Gasteiger charge is 2.05. The molecule has 0 bridgehead atoms. The summed E-state index contributed by atoms with van der Waals surface area (Å²) in [7, 11) is 1.65. The summed E-state index contributed by atoms with van der Waals surface area (Å²) in [4.78, 5) is 12.2. The highest BCUT2D eigenvalue weighted by Crippen LogP contribution is 2.26. The van der Waals surface area contributed by atoms with E-state index in [1.807, 2.05) is 11.4 Å². The molecule has 0 aliphatic carbocycles. The fourth-order valence-corrected chi connectivity index (χ4v) is 2.30. The molecule has 0 aliphatic rings. The fourth-order valence-electron chi connectivity index (χ4n) is 1.55. The van der Waals surface area contributed by atoms with Crippen LogP contribution >= 0.6 is 11.3 Å². The van der Waals surface area contributed by atoms with Gasteiger partial charge >= 0.3 is 0 Å². The van der Waals surface area contributed by atoms with Crippen molar-refractivity contribution in [1.29, 1.82) is 0 Å². The molecule has 0 aliphatic heterocycles. The lowest BCUT2D eigenvalue weighted by Crippen LogP contribution is -1.96. The van der Waals surface area contributed by atoms with Gasteiger partial charge in [-0.05, 0) is 42.6 Å². The molecule has 0 unspecified atom stereocenters. The SMILES string of the molecule is COc1ccsc1COc1ccc(C(C)=O)cc1. The molecule has 18 heavy (non-hydrogen) atoms. The van der Waals surface area contributed by atoms with E-state index >= 15 is 0 Å². The molecular formula is C14H14O3S. The maximum absolute atomic E-state index is 11.1. The van der Waals surface area contributed by atoms with Crippen LogP contribution < -0.4 is 9.47 Å². The topological polar surface area (TPSA) is 35.5 Å². The average Bonchev–Trinajstić information content (AvgIpc) is 2.84. The van der Waals surface area contributed by atoms with Crippen LogP contribution in [0.1, 0.15) is 22.2 Å². The van der Waals surface area contributed by atoms with Gasteiger partial charge in [0.05, 0.1) is 12.0 Å². The van der Waals surface area contributed by atoms with E-state index in [1.165, 1.54) is 0 Å². The molecule has 0 N–H and O–H groups in total. The summed E-state index contributed by atoms with van der Waals surface area (Å²) in [5.41, 5.74) is 0.691. The van der Waals surface area contributed by atoms with Gasteiger partial charge in [-0.1, -0.05) is 0 Å². The normalized spacial score (nSPS) is 10.1. The Morgan fingerprint density at radius 1 is 1.22 bits per heavy atom. The molecule has 1 aromatic carbocycles. The van der Waals surface area contributed by atoms with Gasteiger partial charge in [0.25, 0.3) is 0 Å². The van der Waals surface area contributed by atoms with E-state index in [2.05, 4.69) is 0 Å². The van der Waals surface area contributed by atoms with E-state index < -0.39 is 0 Å². The van der Waals surface area contributed by atoms with Crippen LogP contribution in [-0.2, 0) is 6.61 Å². The molecule has 2 rings (SSSR count). The van der Waals surface area contributed by atoms with Gasteiger partial charge in [0, 0.05) is 5.56 Å². The first kappa shape index (κ1) is 12.6. The minimum absolute atomic E-state index is 0.0569. The van der Waals surface area contributed by atoms with Crippen LogP contribution in [-0.4, -0.2) is 12.9 Å². The van der Waals surface area contributed by atoms with E-state index in [-0.39, 0.29) is 5.78 Å². The van der Waals surface area contributed by atoms with Crippen LogP contribution in [0.4, 0.5) is 0 Å². The summed E-state index contributed by atoms with van der Waals surface area (Å²) in [5, 5.41) is 1.97. The zero-order valence-electron chi connectivity index (χ0n) is 10.3. The molecule has 0 amide bonds. The number of hydrogen-bond donors (Lipinski definition) is 0. The standard InChI is InChI=1S/C14H14O3S/c1-10(15)11-3-5-12(6-4-11)17-9-14-13(16-2)7-8-18-14/h3-8H,9H2,1-2H3. The van der Waals surface area contributed by atoms with Crippen molar-refractivity contribution in [3.8, 4) is 11.5 Å². The zero-order chi connectivity index (χ0) is 13.0. The lowest BCUT2D eigenvalue weighted by atomic mass is 10.1. The van der Waals surface area contributed by atoms with Crippen LogP contribution in [0.25, 0.3) is 0 Å². The van der Waals surface area contributed by atoms with Crippen LogP contribution in [0, 0.1) is 0 Å². The molecule has 0 fully saturated rings. The lowest BCUT2D eigenvalue weighted by Gasteiger charge is -2.06. The van der Waals surface area contributed by atoms with Crippen molar-refractivity contribution in [2.24, 2.45) is 0 Å². The van der Waals surface area contributed by atoms with E-state index in [4.69, 9.17) is 9.47 Å². The van der Waals surface area contributed by atoms with Crippen molar-refractivity contribution < 1.29 is 14.3 Å². The lowest BCUT2D eigenvalue weighted by molar-refractivity contribution is 0.101. The second-order valence-corrected chi connectivity index (χ2v) is 4.78. The van der Waals surface area contributed by atoms with E-state index in [0.717, 1.165) is 16.4 Å². The third-order valence-corrected chi connectivity index (χ3v) is 3.43. The van der Waals surface area contributed by atoms with Crippen LogP contribution in [0.2, 0.25) is 0 Å². The van der Waals surface area contributed by atoms with Gasteiger partial charge in [-0.3, -0.25) is 4.79 Å². The first-order valence-electron chi connectivity index (χ1n) is 5.55. The maximum Gasteiger partial charge on any atom is 0.159 e. The average molecular weight is 262 g/mol. The molecule has 3 nitrogen and oxygen atoms in total. The minimum Gasteiger partial charge on any atom is -0.495 e. The summed E-state index contributed by atoms with van der Waals surface area (Å²) >= 11 is 1.60. The molecule has 94 valence electrons. The number of thiophene rings is 1. The van der Waals surface area contributed by atoms with Crippen molar-refractivity contribution in [3.63, 3.8) is 0 Å². The summed E-state index contributed by atoms with van der Waals surface area (Å²) in [6.45, 7) is 2.02. The van der Waals surface area contributed by atoms with E-state index in [1.54, 1.807) is 49.6 Å². The zero-order valence-corrected chi connectivity index (χ0v) is 11.1. The van der Waals surface area contributed by atoms with Crippen LogP contribution in [0.3, 0.4) is 0 Å². The second kappa shape index (κ2) is 5.69. The van der Waals surface area contributed by atoms with Crippen molar-refractivity contribution in [2.75, 3.05) is 7.11 Å². The number of Topliss-reactive ketones (excluding diaryl/α,β-unsaturated/α-hetero) is 1. The first-order valence-corrected chi connectivity index (χ1v) is 6.43. The minimum atomic E-state index is 0.0569. The van der Waals surface area contributed by atoms with Crippen LogP contribution in [0.15, 0.2) is 35.7 Å². The number of rotatable bonds is 5. The number of benzene rings is 1. The quantitative estimate of drug-likeness (QED) is 0.773. The van der Waals surface area contributed by atoms with Gasteiger partial charge in [-0.25, -0.2) is 0 Å². The monoisotopic (exact) mass is 262 g/mol. The molecule has 0 saturated carbocycles. The number of carbonyl (C=O) groups is 1. The molecule has 0 saturated heterocycles. The predicted molar refractivity (Wildman–Crippen MR) is 71.6 cm³/mol. The van der Waals surface area contributed by atoms with Crippen molar-refractivity contribution in [3.05, 3.63) is 46.2 Å². The second-order valence-electron chi connectivity index (χ2n) is 3.78. The summed E-state index contributed by atoms with van der Waals surface area (Å²) in [6.07, 6.45) is 0. The largest absolute Gasteiger partial charge is 0.495 e. The summed E-state index contributed by atoms with van der Waals surface area (Å²) < 4.78 is 10.9. The van der Waals surface area contributed by atoms with Crippen molar-refractivity contribution in [2.45, 2.75) is 13.5 Å². The Morgan fingerprint density at radius 2 is 1.94 bits per heavy atom. The third-order valence-electron chi connectivity index (χ3n) is 2.56. The maximum atomic E-state index is 11.1. The van der Waals surface area contributed by atoms with Gasteiger partial charge in [0.2, 0.25) is 0 Å². The molecule has 0 spiro atoms. The Hall–Kier alpha value is -1.81. The molecule has 1 aromatic heterocycles. The highest BCUT2D eigenvalue weighted by atomic mass is 32.1. The fraction of sp³-hybridized carbons (Fsp3) is 0.214. The molecular weight excluding hydrogens is 248 g/mol. The van der Waals surface area contributed by atoms with Gasteiger partial charge < -0.3 is 9.47 Å². The Kier molecular flexibility index (Phi) is 3.99. The Bertz CT molecular complexity index is 528. The third kappa shape index (κ3) is 2.90. The van der Waals surface area contributed by atoms with Crippen molar-refractivity contribution >= 4 is 17.1 Å². The van der Waals surface area contributed by atoms with Gasteiger partial charge in [-0.2, -0.15) is 0 Å². The predicted octanol–water partition coefficient (Wildman–Crippen LogP) is 3.54. The molecule has 0 radical (unpaired) electrons. The Labute approximate surface area is 110 Å². The number of carbonyl (C=O) groups excluding carboxylic acids is 1. The van der Waals surface area contributed by atoms with Gasteiger partial charge in [0.1, 0.15) is 18.1 Å². The number of ketones is 1. The van der Waals surface area contributed by atoms with Gasteiger partial charge in [-0.15, -0.1) is 11.3 Å². The Morgan fingerprint density at radius 3 is 2.56 bits per heavy atom. The van der Waals surface area contributed by atoms with Crippen LogP contribution in [0.5, 0.6) is 11.5 Å². The van der Waals surface area contributed by atoms with E-state index in [9.17, 15) is 4.79 Å². The summed E-state index contributed by atoms with van der Waals surface area (Å²) in [6, 6.07) is 9.06. The number of methoxy groups -OCH3 is 1. The van der Waals surface area contributed by atoms with Crippen molar-refractivity contribution in [1.82, 2.24) is 0 Å². The Balaban J connectivity index is 2.00. The first-order chi connectivity index (χ1) is 8.70. The highest BCUT2D eigenvalue weighted by molar-refractivity contribution is 7.10. The summed E-state index contributed by atoms with van der Waals surface area (Å²) in [5.74, 6) is 1.65. The van der Waals surface area contributed by atoms with Gasteiger partial charge in [0.15, 0.2) is 5.78 Å². The molecule has 0 atom stereocenters.